The molecule has 2 nitrogen and oxygen atoms in total. The minimum Gasteiger partial charge on any atom is -0.355 e. The molecule has 1 fully saturated rings. The summed E-state index contributed by atoms with van der Waals surface area (Å²) in [5, 5.41) is 1.28. The predicted molar refractivity (Wildman–Crippen MR) is 65.3 cm³/mol. The Hall–Kier alpha value is -0.180. The minimum atomic E-state index is 0.315. The maximum atomic E-state index is 6.08. The molecule has 0 aliphatic carbocycles. The van der Waals surface area contributed by atoms with E-state index < -0.39 is 0 Å². The standard InChI is InChI=1S/C10H11Cl3N2/c1-6-2-3-15(5-6)10-8(12)4-7(11)9(13)14-10/h4,6H,2-3,5H2,1H3. The number of halogens is 3. The molecule has 0 aromatic carbocycles. The van der Waals surface area contributed by atoms with E-state index in [0.29, 0.717) is 21.1 Å². The minimum absolute atomic E-state index is 0.315. The molecule has 1 aromatic rings. The van der Waals surface area contributed by atoms with Crippen molar-refractivity contribution in [2.24, 2.45) is 5.92 Å². The lowest BCUT2D eigenvalue weighted by Gasteiger charge is -2.18. The van der Waals surface area contributed by atoms with Crippen LogP contribution in [0.4, 0.5) is 5.82 Å². The monoisotopic (exact) mass is 264 g/mol. The van der Waals surface area contributed by atoms with Gasteiger partial charge in [0.25, 0.3) is 0 Å². The number of hydrogen-bond donors (Lipinski definition) is 0. The molecule has 0 amide bonds. The summed E-state index contributed by atoms with van der Waals surface area (Å²) in [6.07, 6.45) is 1.16. The molecule has 1 unspecified atom stereocenters. The van der Waals surface area contributed by atoms with Crippen LogP contribution in [0.5, 0.6) is 0 Å². The quantitative estimate of drug-likeness (QED) is 0.716. The summed E-state index contributed by atoms with van der Waals surface area (Å²) in [5.41, 5.74) is 0. The molecule has 1 aliphatic heterocycles. The zero-order valence-corrected chi connectivity index (χ0v) is 10.6. The average molecular weight is 266 g/mol. The van der Waals surface area contributed by atoms with E-state index in [-0.39, 0.29) is 0 Å². The van der Waals surface area contributed by atoms with E-state index >= 15 is 0 Å². The van der Waals surface area contributed by atoms with Gasteiger partial charge < -0.3 is 4.90 Å². The van der Waals surface area contributed by atoms with Crippen molar-refractivity contribution in [1.29, 1.82) is 0 Å². The highest BCUT2D eigenvalue weighted by Crippen LogP contribution is 2.33. The van der Waals surface area contributed by atoms with Crippen LogP contribution in [0.3, 0.4) is 0 Å². The van der Waals surface area contributed by atoms with Crippen LogP contribution in [0.2, 0.25) is 15.2 Å². The molecule has 82 valence electrons. The van der Waals surface area contributed by atoms with E-state index in [1.807, 2.05) is 0 Å². The van der Waals surface area contributed by atoms with Crippen molar-refractivity contribution < 1.29 is 0 Å². The average Bonchev–Trinajstić information content (AvgIpc) is 2.58. The molecule has 2 heterocycles. The highest BCUT2D eigenvalue weighted by Gasteiger charge is 2.22. The number of aromatic nitrogens is 1. The molecular weight excluding hydrogens is 254 g/mol. The zero-order chi connectivity index (χ0) is 11.0. The summed E-state index contributed by atoms with van der Waals surface area (Å²) >= 11 is 17.8. The Morgan fingerprint density at radius 2 is 2.07 bits per heavy atom. The third-order valence-corrected chi connectivity index (χ3v) is 3.54. The first kappa shape index (κ1) is 11.3. The molecule has 0 saturated carbocycles. The second-order valence-corrected chi connectivity index (χ2v) is 5.08. The Morgan fingerprint density at radius 1 is 1.33 bits per heavy atom. The summed E-state index contributed by atoms with van der Waals surface area (Å²) in [6, 6.07) is 1.65. The summed E-state index contributed by atoms with van der Waals surface area (Å²) < 4.78 is 0. The molecular formula is C10H11Cl3N2. The number of hydrogen-bond acceptors (Lipinski definition) is 2. The van der Waals surface area contributed by atoms with Gasteiger partial charge in [-0.2, -0.15) is 0 Å². The predicted octanol–water partition coefficient (Wildman–Crippen LogP) is 3.89. The summed E-state index contributed by atoms with van der Waals surface area (Å²) in [7, 11) is 0. The Kier molecular flexibility index (Phi) is 3.29. The van der Waals surface area contributed by atoms with Crippen LogP contribution >= 0.6 is 34.8 Å². The molecule has 1 saturated heterocycles. The van der Waals surface area contributed by atoms with Crippen molar-refractivity contribution in [2.75, 3.05) is 18.0 Å². The molecule has 15 heavy (non-hydrogen) atoms. The number of pyridine rings is 1. The van der Waals surface area contributed by atoms with Gasteiger partial charge in [0.1, 0.15) is 11.0 Å². The Labute approximate surface area is 104 Å². The Balaban J connectivity index is 2.32. The fourth-order valence-corrected chi connectivity index (χ4v) is 2.40. The highest BCUT2D eigenvalue weighted by atomic mass is 35.5. The van der Waals surface area contributed by atoms with Gasteiger partial charge in [0.2, 0.25) is 0 Å². The maximum Gasteiger partial charge on any atom is 0.150 e. The van der Waals surface area contributed by atoms with Gasteiger partial charge in [0.05, 0.1) is 10.0 Å². The van der Waals surface area contributed by atoms with E-state index in [1.165, 1.54) is 0 Å². The molecule has 0 N–H and O–H groups in total. The number of nitrogens with zero attached hydrogens (tertiary/aromatic N) is 2. The summed E-state index contributed by atoms with van der Waals surface area (Å²) in [6.45, 7) is 4.17. The van der Waals surface area contributed by atoms with Gasteiger partial charge in [-0.25, -0.2) is 4.98 Å². The topological polar surface area (TPSA) is 16.1 Å². The van der Waals surface area contributed by atoms with Gasteiger partial charge in [0, 0.05) is 13.1 Å². The van der Waals surface area contributed by atoms with Gasteiger partial charge in [-0.3, -0.25) is 0 Å². The van der Waals surface area contributed by atoms with Crippen LogP contribution in [-0.4, -0.2) is 18.1 Å². The second kappa shape index (κ2) is 4.36. The van der Waals surface area contributed by atoms with Crippen LogP contribution in [0.25, 0.3) is 0 Å². The molecule has 1 atom stereocenters. The number of anilines is 1. The van der Waals surface area contributed by atoms with E-state index in [2.05, 4.69) is 16.8 Å². The first-order chi connectivity index (χ1) is 7.08. The van der Waals surface area contributed by atoms with Gasteiger partial charge in [-0.1, -0.05) is 41.7 Å². The lowest BCUT2D eigenvalue weighted by molar-refractivity contribution is 0.659. The SMILES string of the molecule is CC1CCN(c2nc(Cl)c(Cl)cc2Cl)C1. The van der Waals surface area contributed by atoms with E-state index in [0.717, 1.165) is 25.3 Å². The van der Waals surface area contributed by atoms with Crippen molar-refractivity contribution in [3.05, 3.63) is 21.3 Å². The second-order valence-electron chi connectivity index (χ2n) is 3.91. The lowest BCUT2D eigenvalue weighted by atomic mass is 10.2. The number of rotatable bonds is 1. The van der Waals surface area contributed by atoms with Crippen molar-refractivity contribution in [2.45, 2.75) is 13.3 Å². The van der Waals surface area contributed by atoms with Gasteiger partial charge >= 0.3 is 0 Å². The molecule has 0 radical (unpaired) electrons. The smallest absolute Gasteiger partial charge is 0.150 e. The summed E-state index contributed by atoms with van der Waals surface area (Å²) in [5.74, 6) is 1.42. The van der Waals surface area contributed by atoms with Crippen molar-refractivity contribution in [3.8, 4) is 0 Å². The van der Waals surface area contributed by atoms with Crippen molar-refractivity contribution in [3.63, 3.8) is 0 Å². The van der Waals surface area contributed by atoms with Crippen LogP contribution < -0.4 is 4.90 Å². The third-order valence-electron chi connectivity index (χ3n) is 2.59. The van der Waals surface area contributed by atoms with Gasteiger partial charge in [-0.05, 0) is 18.4 Å². The van der Waals surface area contributed by atoms with E-state index in [1.54, 1.807) is 6.07 Å². The molecule has 0 bridgehead atoms. The fourth-order valence-electron chi connectivity index (χ4n) is 1.78. The fraction of sp³-hybridized carbons (Fsp3) is 0.500. The highest BCUT2D eigenvalue weighted by molar-refractivity contribution is 6.42. The van der Waals surface area contributed by atoms with Gasteiger partial charge in [-0.15, -0.1) is 0 Å². The van der Waals surface area contributed by atoms with Gasteiger partial charge in [0.15, 0.2) is 0 Å². The zero-order valence-electron chi connectivity index (χ0n) is 8.30. The van der Waals surface area contributed by atoms with Crippen molar-refractivity contribution in [1.82, 2.24) is 4.98 Å². The Bertz CT molecular complexity index is 381. The molecule has 1 aliphatic rings. The van der Waals surface area contributed by atoms with Crippen molar-refractivity contribution >= 4 is 40.6 Å². The molecule has 2 rings (SSSR count). The molecule has 1 aromatic heterocycles. The van der Waals surface area contributed by atoms with E-state index in [9.17, 15) is 0 Å². The normalized spacial score (nSPS) is 21.1. The van der Waals surface area contributed by atoms with Crippen LogP contribution in [0, 0.1) is 5.92 Å². The third kappa shape index (κ3) is 2.32. The van der Waals surface area contributed by atoms with E-state index in [4.69, 9.17) is 34.8 Å². The lowest BCUT2D eigenvalue weighted by Crippen LogP contribution is -2.20. The molecule has 0 spiro atoms. The first-order valence-electron chi connectivity index (χ1n) is 4.84. The van der Waals surface area contributed by atoms with Crippen LogP contribution in [-0.2, 0) is 0 Å². The largest absolute Gasteiger partial charge is 0.355 e. The summed E-state index contributed by atoms with van der Waals surface area (Å²) in [4.78, 5) is 6.36. The molecule has 5 heteroatoms. The first-order valence-corrected chi connectivity index (χ1v) is 5.98. The Morgan fingerprint density at radius 3 is 2.67 bits per heavy atom. The van der Waals surface area contributed by atoms with Crippen LogP contribution in [0.1, 0.15) is 13.3 Å². The maximum absolute atomic E-state index is 6.08. The van der Waals surface area contributed by atoms with Crippen LogP contribution in [0.15, 0.2) is 6.07 Å².